The predicted octanol–water partition coefficient (Wildman–Crippen LogP) is 1.24. The summed E-state index contributed by atoms with van der Waals surface area (Å²) in [4.78, 5) is 6.19. The number of fused-ring (bicyclic) bond motifs is 1. The Morgan fingerprint density at radius 3 is 2.67 bits per heavy atom. The number of nitrogens with zero attached hydrogens (tertiary/aromatic N) is 3. The van der Waals surface area contributed by atoms with Crippen molar-refractivity contribution in [3.8, 4) is 0 Å². The van der Waals surface area contributed by atoms with Crippen LogP contribution in [0.3, 0.4) is 0 Å². The summed E-state index contributed by atoms with van der Waals surface area (Å²) >= 11 is 6.27. The molecule has 114 valence electrons. The quantitative estimate of drug-likeness (QED) is 0.897. The molecule has 0 bridgehead atoms. The van der Waals surface area contributed by atoms with E-state index in [-0.39, 0.29) is 17.5 Å². The molecule has 1 unspecified atom stereocenters. The van der Waals surface area contributed by atoms with Crippen LogP contribution in [0.2, 0.25) is 5.02 Å². The molecule has 0 aliphatic carbocycles. The van der Waals surface area contributed by atoms with Crippen LogP contribution in [0, 0.1) is 0 Å². The third-order valence-electron chi connectivity index (χ3n) is 3.79. The maximum absolute atomic E-state index is 11.6. The number of nitrogens with two attached hydrogens (primary N) is 1. The van der Waals surface area contributed by atoms with Gasteiger partial charge in [-0.1, -0.05) is 11.6 Å². The van der Waals surface area contributed by atoms with Crippen LogP contribution < -0.4 is 10.6 Å². The molecule has 21 heavy (non-hydrogen) atoms. The molecule has 8 heteroatoms. The highest BCUT2D eigenvalue weighted by molar-refractivity contribution is 7.91. The Labute approximate surface area is 128 Å². The Bertz CT molecular complexity index is 771. The fourth-order valence-electron chi connectivity index (χ4n) is 2.65. The summed E-state index contributed by atoms with van der Waals surface area (Å²) in [6, 6.07) is 1.64. The number of rotatable bonds is 2. The van der Waals surface area contributed by atoms with Crippen LogP contribution >= 0.6 is 11.6 Å². The first-order valence-corrected chi connectivity index (χ1v) is 8.94. The molecule has 1 aliphatic rings. The minimum atomic E-state index is -2.93. The molecule has 6 nitrogen and oxygen atoms in total. The van der Waals surface area contributed by atoms with Gasteiger partial charge in [0.05, 0.1) is 28.2 Å². The topological polar surface area (TPSA) is 80.7 Å². The van der Waals surface area contributed by atoms with Gasteiger partial charge in [-0.3, -0.25) is 4.40 Å². The first-order valence-electron chi connectivity index (χ1n) is 6.74. The second-order valence-electron chi connectivity index (χ2n) is 5.35. The molecule has 2 aromatic rings. The summed E-state index contributed by atoms with van der Waals surface area (Å²) in [5.74, 6) is 1.20. The highest BCUT2D eigenvalue weighted by Crippen LogP contribution is 2.32. The molecule has 0 saturated carbocycles. The van der Waals surface area contributed by atoms with Gasteiger partial charge < -0.3 is 10.6 Å². The minimum Gasteiger partial charge on any atom is -0.355 e. The fourth-order valence-corrected chi connectivity index (χ4v) is 4.11. The summed E-state index contributed by atoms with van der Waals surface area (Å²) in [6.07, 6.45) is 3.38. The van der Waals surface area contributed by atoms with E-state index in [4.69, 9.17) is 17.3 Å². The monoisotopic (exact) mass is 328 g/mol. The van der Waals surface area contributed by atoms with Gasteiger partial charge in [-0.2, -0.15) is 0 Å². The molecule has 0 aromatic carbocycles. The first-order chi connectivity index (χ1) is 9.89. The van der Waals surface area contributed by atoms with E-state index in [2.05, 4.69) is 4.98 Å². The number of aromatic nitrogens is 2. The third-order valence-corrected chi connectivity index (χ3v) is 5.70. The van der Waals surface area contributed by atoms with Crippen molar-refractivity contribution < 1.29 is 8.42 Å². The van der Waals surface area contributed by atoms with Gasteiger partial charge >= 0.3 is 0 Å². The van der Waals surface area contributed by atoms with E-state index in [1.807, 2.05) is 22.3 Å². The molecule has 0 spiro atoms. The Balaban J connectivity index is 2.14. The highest BCUT2D eigenvalue weighted by atomic mass is 35.5. The largest absolute Gasteiger partial charge is 0.355 e. The third kappa shape index (κ3) is 2.61. The Hall–Kier alpha value is -1.31. The van der Waals surface area contributed by atoms with Gasteiger partial charge in [-0.25, -0.2) is 13.4 Å². The summed E-state index contributed by atoms with van der Waals surface area (Å²) in [7, 11) is -2.93. The van der Waals surface area contributed by atoms with Crippen molar-refractivity contribution in [2.24, 2.45) is 5.73 Å². The van der Waals surface area contributed by atoms with Crippen LogP contribution in [-0.2, 0) is 9.84 Å². The lowest BCUT2D eigenvalue weighted by Gasteiger charge is -2.32. The molecule has 3 rings (SSSR count). The molecule has 1 aliphatic heterocycles. The van der Waals surface area contributed by atoms with Crippen molar-refractivity contribution in [3.05, 3.63) is 29.2 Å². The molecular formula is C13H17ClN4O2S. The first kappa shape index (κ1) is 14.6. The summed E-state index contributed by atoms with van der Waals surface area (Å²) in [5, 5.41) is 0.591. The number of sulfone groups is 1. The lowest BCUT2D eigenvalue weighted by Crippen LogP contribution is -2.41. The van der Waals surface area contributed by atoms with E-state index >= 15 is 0 Å². The van der Waals surface area contributed by atoms with E-state index in [9.17, 15) is 8.42 Å². The molecular weight excluding hydrogens is 312 g/mol. The van der Waals surface area contributed by atoms with Crippen molar-refractivity contribution >= 4 is 32.8 Å². The molecule has 2 N–H and O–H groups in total. The van der Waals surface area contributed by atoms with Crippen molar-refractivity contribution in [2.45, 2.75) is 13.0 Å². The molecule has 2 aromatic heterocycles. The Morgan fingerprint density at radius 1 is 1.38 bits per heavy atom. The van der Waals surface area contributed by atoms with Gasteiger partial charge in [0.25, 0.3) is 0 Å². The van der Waals surface area contributed by atoms with Crippen LogP contribution in [0.4, 0.5) is 5.82 Å². The number of pyridine rings is 1. The van der Waals surface area contributed by atoms with E-state index in [1.165, 1.54) is 0 Å². The summed E-state index contributed by atoms with van der Waals surface area (Å²) in [5.41, 5.74) is 7.76. The molecule has 1 atom stereocenters. The van der Waals surface area contributed by atoms with Crippen molar-refractivity contribution in [1.29, 1.82) is 0 Å². The number of imidazole rings is 1. The number of halogens is 1. The standard InChI is InChI=1S/C13H17ClN4O2S/c1-9(15)10-6-11(14)12-7-16-8-18(12)13(10)17-2-4-21(19,20)5-3-17/h6-9H,2-5,15H2,1H3. The Morgan fingerprint density at radius 2 is 2.05 bits per heavy atom. The van der Waals surface area contributed by atoms with E-state index in [1.54, 1.807) is 12.5 Å². The lowest BCUT2D eigenvalue weighted by atomic mass is 10.1. The zero-order valence-corrected chi connectivity index (χ0v) is 13.2. The maximum Gasteiger partial charge on any atom is 0.153 e. The summed E-state index contributed by atoms with van der Waals surface area (Å²) in [6.45, 7) is 2.80. The van der Waals surface area contributed by atoms with Gasteiger partial charge in [-0.15, -0.1) is 0 Å². The van der Waals surface area contributed by atoms with E-state index in [0.29, 0.717) is 18.1 Å². The van der Waals surface area contributed by atoms with Crippen LogP contribution in [0.25, 0.3) is 5.52 Å². The Kier molecular flexibility index (Phi) is 3.59. The van der Waals surface area contributed by atoms with Crippen molar-refractivity contribution in [2.75, 3.05) is 29.5 Å². The smallest absolute Gasteiger partial charge is 0.153 e. The second kappa shape index (κ2) is 5.15. The van der Waals surface area contributed by atoms with Crippen LogP contribution in [0.1, 0.15) is 18.5 Å². The average Bonchev–Trinajstić information content (AvgIpc) is 2.89. The van der Waals surface area contributed by atoms with E-state index in [0.717, 1.165) is 16.9 Å². The van der Waals surface area contributed by atoms with Gasteiger partial charge in [0, 0.05) is 24.7 Å². The number of hydrogen-bond donors (Lipinski definition) is 1. The van der Waals surface area contributed by atoms with E-state index < -0.39 is 9.84 Å². The van der Waals surface area contributed by atoms with Gasteiger partial charge in [-0.05, 0) is 13.0 Å². The molecule has 1 saturated heterocycles. The molecule has 1 fully saturated rings. The van der Waals surface area contributed by atoms with Crippen LogP contribution in [-0.4, -0.2) is 42.4 Å². The van der Waals surface area contributed by atoms with Crippen molar-refractivity contribution in [3.63, 3.8) is 0 Å². The maximum atomic E-state index is 11.6. The lowest BCUT2D eigenvalue weighted by molar-refractivity contribution is 0.585. The summed E-state index contributed by atoms with van der Waals surface area (Å²) < 4.78 is 25.1. The van der Waals surface area contributed by atoms with Gasteiger partial charge in [0.15, 0.2) is 9.84 Å². The van der Waals surface area contributed by atoms with Crippen LogP contribution in [0.15, 0.2) is 18.6 Å². The zero-order chi connectivity index (χ0) is 15.2. The van der Waals surface area contributed by atoms with Gasteiger partial charge in [0.2, 0.25) is 0 Å². The molecule has 0 amide bonds. The average molecular weight is 329 g/mol. The van der Waals surface area contributed by atoms with Gasteiger partial charge in [0.1, 0.15) is 12.1 Å². The highest BCUT2D eigenvalue weighted by Gasteiger charge is 2.26. The number of anilines is 1. The zero-order valence-electron chi connectivity index (χ0n) is 11.7. The molecule has 3 heterocycles. The van der Waals surface area contributed by atoms with Crippen molar-refractivity contribution in [1.82, 2.24) is 9.38 Å². The SMILES string of the molecule is CC(N)c1cc(Cl)c2cncn2c1N1CCS(=O)(=O)CC1. The minimum absolute atomic E-state index is 0.157. The fraction of sp³-hybridized carbons (Fsp3) is 0.462. The van der Waals surface area contributed by atoms with Crippen LogP contribution in [0.5, 0.6) is 0 Å². The predicted molar refractivity (Wildman–Crippen MR) is 83.7 cm³/mol. The number of hydrogen-bond acceptors (Lipinski definition) is 5. The second-order valence-corrected chi connectivity index (χ2v) is 8.06. The normalized spacial score (nSPS) is 19.9. The molecule has 0 radical (unpaired) electrons.